The van der Waals surface area contributed by atoms with E-state index in [1.165, 1.54) is 0 Å². The highest BCUT2D eigenvalue weighted by Gasteiger charge is 2.12. The Morgan fingerprint density at radius 2 is 1.76 bits per heavy atom. The van der Waals surface area contributed by atoms with Gasteiger partial charge in [-0.2, -0.15) is 0 Å². The predicted octanol–water partition coefficient (Wildman–Crippen LogP) is 6.10. The van der Waals surface area contributed by atoms with Gasteiger partial charge in [-0.25, -0.2) is 0 Å². The Morgan fingerprint density at radius 3 is 2.24 bits per heavy atom. The van der Waals surface area contributed by atoms with Crippen LogP contribution in [-0.4, -0.2) is 0 Å². The van der Waals surface area contributed by atoms with Gasteiger partial charge in [-0.3, -0.25) is 0 Å². The predicted molar refractivity (Wildman–Crippen MR) is 79.0 cm³/mol. The first kappa shape index (κ1) is 14.3. The highest BCUT2D eigenvalue weighted by atomic mass is 35.5. The summed E-state index contributed by atoms with van der Waals surface area (Å²) in [5, 5.41) is 1.29. The largest absolute Gasteiger partial charge is 0.0961 e. The van der Waals surface area contributed by atoms with Gasteiger partial charge in [-0.1, -0.05) is 67.4 Å². The monoisotopic (exact) mass is 268 g/mol. The smallest absolute Gasteiger partial charge is 0.0670 e. The van der Waals surface area contributed by atoms with E-state index in [0.29, 0.717) is 16.0 Å². The SMILES string of the molecule is C=C(C)C=C(C)c1ccc(C(C)C)c(Cl)c1Cl. The van der Waals surface area contributed by atoms with Gasteiger partial charge in [0.2, 0.25) is 0 Å². The molecule has 0 saturated carbocycles. The minimum Gasteiger partial charge on any atom is -0.0961 e. The summed E-state index contributed by atoms with van der Waals surface area (Å²) in [5.74, 6) is 0.375. The lowest BCUT2D eigenvalue weighted by atomic mass is 9.98. The van der Waals surface area contributed by atoms with Gasteiger partial charge < -0.3 is 0 Å². The van der Waals surface area contributed by atoms with Crippen LogP contribution >= 0.6 is 23.2 Å². The zero-order valence-corrected chi connectivity index (χ0v) is 12.3. The van der Waals surface area contributed by atoms with Crippen molar-refractivity contribution in [3.05, 3.63) is 51.5 Å². The van der Waals surface area contributed by atoms with Gasteiger partial charge in [0.25, 0.3) is 0 Å². The van der Waals surface area contributed by atoms with Crippen molar-refractivity contribution in [2.45, 2.75) is 33.6 Å². The van der Waals surface area contributed by atoms with Gasteiger partial charge in [0.05, 0.1) is 10.0 Å². The van der Waals surface area contributed by atoms with Crippen LogP contribution in [0.1, 0.15) is 44.7 Å². The zero-order chi connectivity index (χ0) is 13.2. The number of hydrogen-bond donors (Lipinski definition) is 0. The van der Waals surface area contributed by atoms with Crippen LogP contribution in [0.5, 0.6) is 0 Å². The van der Waals surface area contributed by atoms with Gasteiger partial charge in [0, 0.05) is 0 Å². The Kier molecular flexibility index (Phi) is 4.85. The number of allylic oxidation sites excluding steroid dienone is 3. The van der Waals surface area contributed by atoms with Crippen LogP contribution in [0.25, 0.3) is 5.57 Å². The molecule has 0 unspecified atom stereocenters. The molecule has 1 rings (SSSR count). The van der Waals surface area contributed by atoms with Gasteiger partial charge >= 0.3 is 0 Å². The maximum Gasteiger partial charge on any atom is 0.0670 e. The Balaban J connectivity index is 3.31. The summed E-state index contributed by atoms with van der Waals surface area (Å²) >= 11 is 12.6. The number of halogens is 2. The van der Waals surface area contributed by atoms with Crippen molar-refractivity contribution >= 4 is 28.8 Å². The molecule has 0 aliphatic heterocycles. The van der Waals surface area contributed by atoms with Crippen molar-refractivity contribution in [3.8, 4) is 0 Å². The maximum atomic E-state index is 6.32. The molecule has 1 aromatic carbocycles. The van der Waals surface area contributed by atoms with Crippen molar-refractivity contribution in [2.75, 3.05) is 0 Å². The van der Waals surface area contributed by atoms with E-state index < -0.39 is 0 Å². The van der Waals surface area contributed by atoms with Crippen molar-refractivity contribution < 1.29 is 0 Å². The molecule has 0 aliphatic carbocycles. The Labute approximate surface area is 114 Å². The number of hydrogen-bond acceptors (Lipinski definition) is 0. The summed E-state index contributed by atoms with van der Waals surface area (Å²) in [6, 6.07) is 4.07. The lowest BCUT2D eigenvalue weighted by Crippen LogP contribution is -1.92. The van der Waals surface area contributed by atoms with Crippen molar-refractivity contribution in [1.29, 1.82) is 0 Å². The zero-order valence-electron chi connectivity index (χ0n) is 10.8. The van der Waals surface area contributed by atoms with Gasteiger partial charge in [0.1, 0.15) is 0 Å². The van der Waals surface area contributed by atoms with Gasteiger partial charge in [-0.05, 0) is 36.5 Å². The van der Waals surface area contributed by atoms with Gasteiger partial charge in [0.15, 0.2) is 0 Å². The van der Waals surface area contributed by atoms with E-state index in [0.717, 1.165) is 22.3 Å². The van der Waals surface area contributed by atoms with Crippen LogP contribution in [0, 0.1) is 0 Å². The normalized spacial score (nSPS) is 12.1. The molecule has 0 radical (unpaired) electrons. The molecule has 0 nitrogen and oxygen atoms in total. The van der Waals surface area contributed by atoms with Crippen LogP contribution in [0.4, 0.5) is 0 Å². The van der Waals surface area contributed by atoms with E-state index in [-0.39, 0.29) is 0 Å². The first-order valence-corrected chi connectivity index (χ1v) is 6.42. The lowest BCUT2D eigenvalue weighted by Gasteiger charge is -2.13. The minimum atomic E-state index is 0.375. The van der Waals surface area contributed by atoms with Crippen LogP contribution in [0.15, 0.2) is 30.4 Å². The fourth-order valence-electron chi connectivity index (χ4n) is 1.76. The highest BCUT2D eigenvalue weighted by molar-refractivity contribution is 6.43. The average molecular weight is 269 g/mol. The molecule has 0 N–H and O–H groups in total. The molecule has 17 heavy (non-hydrogen) atoms. The Bertz CT molecular complexity index is 468. The van der Waals surface area contributed by atoms with Crippen molar-refractivity contribution in [2.24, 2.45) is 0 Å². The Hall–Kier alpha value is -0.720. The van der Waals surface area contributed by atoms with E-state index in [2.05, 4.69) is 20.4 Å². The van der Waals surface area contributed by atoms with Crippen LogP contribution in [0.2, 0.25) is 10.0 Å². The molecule has 0 saturated heterocycles. The molecule has 0 spiro atoms. The number of rotatable bonds is 3. The van der Waals surface area contributed by atoms with Crippen molar-refractivity contribution in [1.82, 2.24) is 0 Å². The second-order valence-electron chi connectivity index (χ2n) is 4.66. The molecule has 0 heterocycles. The van der Waals surface area contributed by atoms with Crippen LogP contribution < -0.4 is 0 Å². The summed E-state index contributed by atoms with van der Waals surface area (Å²) < 4.78 is 0. The molecule has 0 atom stereocenters. The third-order valence-electron chi connectivity index (χ3n) is 2.62. The first-order chi connectivity index (χ1) is 7.84. The maximum absolute atomic E-state index is 6.32. The third kappa shape index (κ3) is 3.37. The van der Waals surface area contributed by atoms with E-state index in [4.69, 9.17) is 23.2 Å². The second-order valence-corrected chi connectivity index (χ2v) is 5.41. The standard InChI is InChI=1S/C15H18Cl2/c1-9(2)8-11(5)13-7-6-12(10(3)4)14(16)15(13)17/h6-8,10H,1H2,2-5H3. The molecular formula is C15H18Cl2. The summed E-state index contributed by atoms with van der Waals surface area (Å²) in [5.41, 5.74) is 4.15. The topological polar surface area (TPSA) is 0 Å². The van der Waals surface area contributed by atoms with E-state index in [9.17, 15) is 0 Å². The molecule has 92 valence electrons. The molecular weight excluding hydrogens is 251 g/mol. The second kappa shape index (κ2) is 5.75. The quantitative estimate of drug-likeness (QED) is 0.582. The molecule has 1 aromatic rings. The Morgan fingerprint density at radius 1 is 1.18 bits per heavy atom. The molecule has 2 heteroatoms. The number of benzene rings is 1. The molecule has 0 fully saturated rings. The summed E-state index contributed by atoms with van der Waals surface area (Å²) in [6.45, 7) is 12.1. The summed E-state index contributed by atoms with van der Waals surface area (Å²) in [7, 11) is 0. The fourth-order valence-corrected chi connectivity index (χ4v) is 2.47. The fraction of sp³-hybridized carbons (Fsp3) is 0.333. The summed E-state index contributed by atoms with van der Waals surface area (Å²) in [4.78, 5) is 0. The van der Waals surface area contributed by atoms with Crippen LogP contribution in [-0.2, 0) is 0 Å². The minimum absolute atomic E-state index is 0.375. The van der Waals surface area contributed by atoms with E-state index in [1.54, 1.807) is 0 Å². The van der Waals surface area contributed by atoms with E-state index in [1.807, 2.05) is 32.1 Å². The van der Waals surface area contributed by atoms with Crippen LogP contribution in [0.3, 0.4) is 0 Å². The van der Waals surface area contributed by atoms with Crippen molar-refractivity contribution in [3.63, 3.8) is 0 Å². The highest BCUT2D eigenvalue weighted by Crippen LogP contribution is 2.36. The average Bonchev–Trinajstić information content (AvgIpc) is 2.20. The first-order valence-electron chi connectivity index (χ1n) is 5.66. The van der Waals surface area contributed by atoms with Gasteiger partial charge in [-0.15, -0.1) is 0 Å². The molecule has 0 aromatic heterocycles. The molecule has 0 amide bonds. The van der Waals surface area contributed by atoms with E-state index >= 15 is 0 Å². The lowest BCUT2D eigenvalue weighted by molar-refractivity contribution is 0.867. The third-order valence-corrected chi connectivity index (χ3v) is 3.52. The summed E-state index contributed by atoms with van der Waals surface area (Å²) in [6.07, 6.45) is 2.01. The molecule has 0 bridgehead atoms. The molecule has 0 aliphatic rings.